The Morgan fingerprint density at radius 3 is 1.78 bits per heavy atom. The minimum atomic E-state index is 0.255. The largest absolute Gasteiger partial charge is 0.0913 e. The molecule has 0 nitrogen and oxygen atoms in total. The van der Waals surface area contributed by atoms with Gasteiger partial charge in [-0.25, -0.2) is 0 Å². The zero-order valence-electron chi connectivity index (χ0n) is 4.59. The normalized spacial score (nSPS) is 15.4. The van der Waals surface area contributed by atoms with Gasteiger partial charge in [-0.3, -0.25) is 0 Å². The molecule has 0 rings (SSSR count). The summed E-state index contributed by atoms with van der Waals surface area (Å²) in [6.45, 7) is 1.63. The fraction of sp³-hybridized carbons (Fsp3) is 0.200. The Bertz CT molecular complexity index is 152. The molecule has 0 amide bonds. The molecule has 0 heterocycles. The summed E-state index contributed by atoms with van der Waals surface area (Å²) in [7, 11) is 0. The van der Waals surface area contributed by atoms with Gasteiger partial charge in [-0.2, -0.15) is 0 Å². The van der Waals surface area contributed by atoms with E-state index in [0.29, 0.717) is 5.03 Å². The summed E-state index contributed by atoms with van der Waals surface area (Å²) < 4.78 is 0. The first-order chi connectivity index (χ1) is 4.09. The van der Waals surface area contributed by atoms with Crippen molar-refractivity contribution in [2.75, 3.05) is 0 Å². The summed E-state index contributed by atoms with van der Waals surface area (Å²) in [5.41, 5.74) is 1.16. The molecule has 0 radical (unpaired) electrons. The highest BCUT2D eigenvalue weighted by Crippen LogP contribution is 2.24. The molecular weight excluding hydrogens is 202 g/mol. The summed E-state index contributed by atoms with van der Waals surface area (Å²) >= 11 is 21.7. The third-order valence-corrected chi connectivity index (χ3v) is 2.11. The second kappa shape index (κ2) is 4.45. The second-order valence-corrected chi connectivity index (χ2v) is 2.87. The maximum atomic E-state index is 5.53. The summed E-state index contributed by atoms with van der Waals surface area (Å²) in [5.74, 6) is 0. The molecule has 0 aliphatic rings. The monoisotopic (exact) mass is 204 g/mol. The zero-order chi connectivity index (χ0) is 7.44. The Morgan fingerprint density at radius 1 is 1.22 bits per heavy atom. The second-order valence-electron chi connectivity index (χ2n) is 1.30. The smallest absolute Gasteiger partial charge is 0.0743 e. The van der Waals surface area contributed by atoms with Crippen molar-refractivity contribution in [3.63, 3.8) is 0 Å². The highest BCUT2D eigenvalue weighted by Gasteiger charge is 1.99. The van der Waals surface area contributed by atoms with Crippen LogP contribution in [0.3, 0.4) is 0 Å². The summed E-state index contributed by atoms with van der Waals surface area (Å²) in [5, 5.41) is 0.970. The minimum absolute atomic E-state index is 0.255. The fourth-order valence-corrected chi connectivity index (χ4v) is 0.724. The molecule has 0 saturated carbocycles. The Labute approximate surface area is 74.0 Å². The quantitative estimate of drug-likeness (QED) is 0.568. The molecule has 0 aliphatic heterocycles. The average molecular weight is 206 g/mol. The SMILES string of the molecule is CC(Cl)=C(Cl)C(Cl)=CCl. The molecule has 0 N–H and O–H groups in total. The first-order valence-corrected chi connectivity index (χ1v) is 3.64. The number of hydrogen-bond acceptors (Lipinski definition) is 0. The van der Waals surface area contributed by atoms with Crippen LogP contribution in [0, 0.1) is 0 Å². The standard InChI is InChI=1S/C5H4Cl4/c1-3(7)5(9)4(8)2-6/h2H,1H3. The van der Waals surface area contributed by atoms with Crippen LogP contribution in [0.2, 0.25) is 0 Å². The topological polar surface area (TPSA) is 0 Å². The molecule has 0 fully saturated rings. The van der Waals surface area contributed by atoms with Gasteiger partial charge in [0, 0.05) is 10.6 Å². The average Bonchev–Trinajstić information content (AvgIpc) is 1.84. The predicted molar refractivity (Wildman–Crippen MR) is 44.2 cm³/mol. The number of hydrogen-bond donors (Lipinski definition) is 0. The van der Waals surface area contributed by atoms with E-state index in [4.69, 9.17) is 46.4 Å². The molecule has 0 aromatic heterocycles. The minimum Gasteiger partial charge on any atom is -0.0913 e. The van der Waals surface area contributed by atoms with E-state index in [1.165, 1.54) is 0 Å². The summed E-state index contributed by atoms with van der Waals surface area (Å²) in [4.78, 5) is 0. The van der Waals surface area contributed by atoms with E-state index in [0.717, 1.165) is 5.54 Å². The van der Waals surface area contributed by atoms with Crippen LogP contribution in [-0.2, 0) is 0 Å². The van der Waals surface area contributed by atoms with Crippen LogP contribution in [-0.4, -0.2) is 0 Å². The Kier molecular flexibility index (Phi) is 4.77. The van der Waals surface area contributed by atoms with E-state index in [1.54, 1.807) is 6.92 Å². The highest BCUT2D eigenvalue weighted by atomic mass is 35.5. The zero-order valence-corrected chi connectivity index (χ0v) is 7.61. The van der Waals surface area contributed by atoms with E-state index >= 15 is 0 Å². The van der Waals surface area contributed by atoms with Crippen LogP contribution in [0.5, 0.6) is 0 Å². The van der Waals surface area contributed by atoms with Crippen LogP contribution in [0.1, 0.15) is 6.92 Å². The van der Waals surface area contributed by atoms with Crippen LogP contribution >= 0.6 is 46.4 Å². The van der Waals surface area contributed by atoms with E-state index < -0.39 is 0 Å². The third kappa shape index (κ3) is 3.36. The molecule has 0 spiro atoms. The molecule has 9 heavy (non-hydrogen) atoms. The molecule has 0 bridgehead atoms. The molecule has 4 heteroatoms. The third-order valence-electron chi connectivity index (χ3n) is 0.608. The van der Waals surface area contributed by atoms with Crippen molar-refractivity contribution < 1.29 is 0 Å². The molecule has 0 atom stereocenters. The van der Waals surface area contributed by atoms with Crippen molar-refractivity contribution in [2.24, 2.45) is 0 Å². The van der Waals surface area contributed by atoms with Crippen molar-refractivity contribution in [2.45, 2.75) is 6.92 Å². The van der Waals surface area contributed by atoms with Crippen LogP contribution < -0.4 is 0 Å². The van der Waals surface area contributed by atoms with Crippen LogP contribution in [0.25, 0.3) is 0 Å². The molecule has 0 unspecified atom stereocenters. The fourth-order valence-electron chi connectivity index (χ4n) is 0.212. The maximum Gasteiger partial charge on any atom is 0.0743 e. The Morgan fingerprint density at radius 2 is 1.67 bits per heavy atom. The molecule has 52 valence electrons. The maximum absolute atomic E-state index is 5.53. The first-order valence-electron chi connectivity index (χ1n) is 2.07. The molecule has 0 saturated heterocycles. The van der Waals surface area contributed by atoms with Crippen LogP contribution in [0.15, 0.2) is 20.6 Å². The van der Waals surface area contributed by atoms with E-state index in [9.17, 15) is 0 Å². The first kappa shape index (κ1) is 9.64. The van der Waals surface area contributed by atoms with Gasteiger partial charge in [-0.05, 0) is 6.92 Å². The van der Waals surface area contributed by atoms with E-state index in [1.807, 2.05) is 0 Å². The molecule has 0 aliphatic carbocycles. The lowest BCUT2D eigenvalue weighted by Gasteiger charge is -1.93. The summed E-state index contributed by atoms with van der Waals surface area (Å²) in [6.07, 6.45) is 0. The van der Waals surface area contributed by atoms with Crippen molar-refractivity contribution in [3.8, 4) is 0 Å². The van der Waals surface area contributed by atoms with Crippen molar-refractivity contribution in [3.05, 3.63) is 20.6 Å². The number of halogens is 4. The predicted octanol–water partition coefficient (Wildman–Crippen LogP) is 4.01. The number of rotatable bonds is 1. The number of allylic oxidation sites excluding steroid dienone is 3. The van der Waals surface area contributed by atoms with Crippen molar-refractivity contribution in [1.29, 1.82) is 0 Å². The van der Waals surface area contributed by atoms with Gasteiger partial charge in [0.25, 0.3) is 0 Å². The molecule has 0 aromatic rings. The van der Waals surface area contributed by atoms with Crippen molar-refractivity contribution >= 4 is 46.4 Å². The highest BCUT2D eigenvalue weighted by molar-refractivity contribution is 6.49. The molecule has 0 aromatic carbocycles. The molecular formula is C5H4Cl4. The van der Waals surface area contributed by atoms with Crippen molar-refractivity contribution in [1.82, 2.24) is 0 Å². The Hall–Kier alpha value is 0.640. The lowest BCUT2D eigenvalue weighted by Crippen LogP contribution is -1.71. The van der Waals surface area contributed by atoms with Gasteiger partial charge in [0.05, 0.1) is 10.1 Å². The summed E-state index contributed by atoms with van der Waals surface area (Å²) in [6, 6.07) is 0. The van der Waals surface area contributed by atoms with Gasteiger partial charge in [-0.15, -0.1) is 0 Å². The van der Waals surface area contributed by atoms with E-state index in [-0.39, 0.29) is 10.1 Å². The van der Waals surface area contributed by atoms with Gasteiger partial charge >= 0.3 is 0 Å². The van der Waals surface area contributed by atoms with Gasteiger partial charge < -0.3 is 0 Å². The van der Waals surface area contributed by atoms with Gasteiger partial charge in [0.2, 0.25) is 0 Å². The van der Waals surface area contributed by atoms with Gasteiger partial charge in [0.1, 0.15) is 0 Å². The van der Waals surface area contributed by atoms with E-state index in [2.05, 4.69) is 0 Å². The van der Waals surface area contributed by atoms with Crippen LogP contribution in [0.4, 0.5) is 0 Å². The lowest BCUT2D eigenvalue weighted by atomic mass is 10.5. The van der Waals surface area contributed by atoms with Gasteiger partial charge in [0.15, 0.2) is 0 Å². The van der Waals surface area contributed by atoms with Gasteiger partial charge in [-0.1, -0.05) is 46.4 Å². The Balaban J connectivity index is 4.40. The lowest BCUT2D eigenvalue weighted by molar-refractivity contribution is 1.61.